The monoisotopic (exact) mass is 311 g/mol. The molecule has 120 valence electrons. The van der Waals surface area contributed by atoms with E-state index in [2.05, 4.69) is 29.5 Å². The summed E-state index contributed by atoms with van der Waals surface area (Å²) in [5.41, 5.74) is 2.97. The van der Waals surface area contributed by atoms with Gasteiger partial charge in [0.15, 0.2) is 0 Å². The summed E-state index contributed by atoms with van der Waals surface area (Å²) in [4.78, 5) is 12.6. The molecule has 1 aromatic heterocycles. The second-order valence-corrected chi connectivity index (χ2v) is 6.49. The fourth-order valence-electron chi connectivity index (χ4n) is 3.36. The minimum absolute atomic E-state index is 0.00143. The Bertz CT molecular complexity index is 734. The van der Waals surface area contributed by atoms with Crippen molar-refractivity contribution in [2.24, 2.45) is 0 Å². The van der Waals surface area contributed by atoms with Crippen LogP contribution in [0, 0.1) is 6.92 Å². The summed E-state index contributed by atoms with van der Waals surface area (Å²) < 4.78 is 7.73. The van der Waals surface area contributed by atoms with Crippen molar-refractivity contribution in [2.45, 2.75) is 44.7 Å². The molecule has 4 rings (SSSR count). The summed E-state index contributed by atoms with van der Waals surface area (Å²) in [6.07, 6.45) is 5.96. The molecule has 1 saturated carbocycles. The average Bonchev–Trinajstić information content (AvgIpc) is 2.95. The van der Waals surface area contributed by atoms with Gasteiger partial charge in [0.2, 0.25) is 0 Å². The maximum absolute atomic E-state index is 12.6. The van der Waals surface area contributed by atoms with E-state index in [1.807, 2.05) is 10.7 Å². The van der Waals surface area contributed by atoms with E-state index < -0.39 is 0 Å². The molecule has 23 heavy (non-hydrogen) atoms. The predicted molar refractivity (Wildman–Crippen MR) is 86.7 cm³/mol. The average molecular weight is 311 g/mol. The number of hydrogen-bond acceptors (Lipinski definition) is 3. The number of ether oxygens (including phenoxy) is 1. The first kappa shape index (κ1) is 14.3. The van der Waals surface area contributed by atoms with E-state index in [4.69, 9.17) is 4.74 Å². The lowest BCUT2D eigenvalue weighted by Gasteiger charge is -2.29. The molecule has 1 unspecified atom stereocenters. The summed E-state index contributed by atoms with van der Waals surface area (Å²) in [5.74, 6) is 0.914. The van der Waals surface area contributed by atoms with E-state index in [1.165, 1.54) is 6.42 Å². The largest absolute Gasteiger partial charge is 0.491 e. The van der Waals surface area contributed by atoms with E-state index in [-0.39, 0.29) is 11.9 Å². The maximum Gasteiger partial charge on any atom is 0.269 e. The number of aryl methyl sites for hydroxylation is 1. The Balaban J connectivity index is 1.47. The lowest BCUT2D eigenvalue weighted by Crippen LogP contribution is -2.43. The minimum atomic E-state index is -0.0564. The van der Waals surface area contributed by atoms with Crippen molar-refractivity contribution in [3.05, 3.63) is 47.3 Å². The predicted octanol–water partition coefficient (Wildman–Crippen LogP) is 2.65. The van der Waals surface area contributed by atoms with Crippen LogP contribution in [0.5, 0.6) is 5.75 Å². The Kier molecular flexibility index (Phi) is 3.56. The molecule has 1 amide bonds. The molecule has 5 heteroatoms. The van der Waals surface area contributed by atoms with Crippen molar-refractivity contribution in [1.82, 2.24) is 15.1 Å². The number of para-hydroxylation sites is 1. The fourth-order valence-corrected chi connectivity index (χ4v) is 3.36. The molecule has 1 N–H and O–H groups in total. The third kappa shape index (κ3) is 2.60. The third-order valence-electron chi connectivity index (χ3n) is 4.85. The zero-order chi connectivity index (χ0) is 15.8. The highest BCUT2D eigenvalue weighted by Gasteiger charge is 2.27. The number of hydrogen-bond donors (Lipinski definition) is 1. The van der Waals surface area contributed by atoms with Gasteiger partial charge in [-0.1, -0.05) is 18.2 Å². The molecule has 1 aromatic carbocycles. The van der Waals surface area contributed by atoms with Gasteiger partial charge in [0.05, 0.1) is 12.1 Å². The molecule has 1 aliphatic carbocycles. The first-order chi connectivity index (χ1) is 11.2. The van der Waals surface area contributed by atoms with Crippen LogP contribution < -0.4 is 10.1 Å². The van der Waals surface area contributed by atoms with Crippen molar-refractivity contribution >= 4 is 5.91 Å². The van der Waals surface area contributed by atoms with Crippen molar-refractivity contribution in [3.8, 4) is 5.75 Å². The second kappa shape index (κ2) is 5.72. The number of carbonyl (C=O) groups is 1. The molecular formula is C18H21N3O2. The highest BCUT2D eigenvalue weighted by atomic mass is 16.5. The van der Waals surface area contributed by atoms with Gasteiger partial charge in [0, 0.05) is 6.20 Å². The normalized spacial score (nSPS) is 20.3. The Labute approximate surface area is 135 Å². The van der Waals surface area contributed by atoms with Gasteiger partial charge in [-0.15, -0.1) is 0 Å². The summed E-state index contributed by atoms with van der Waals surface area (Å²) in [5, 5.41) is 7.42. The third-order valence-corrected chi connectivity index (χ3v) is 4.85. The van der Waals surface area contributed by atoms with Crippen LogP contribution >= 0.6 is 0 Å². The van der Waals surface area contributed by atoms with E-state index in [0.29, 0.717) is 18.3 Å². The number of rotatable bonds is 3. The van der Waals surface area contributed by atoms with Gasteiger partial charge in [-0.3, -0.25) is 9.48 Å². The highest BCUT2D eigenvalue weighted by Crippen LogP contribution is 2.32. The first-order valence-corrected chi connectivity index (χ1v) is 8.28. The number of amides is 1. The van der Waals surface area contributed by atoms with Crippen LogP contribution in [-0.4, -0.2) is 28.3 Å². The number of fused-ring (bicyclic) bond motifs is 1. The Morgan fingerprint density at radius 2 is 2.22 bits per heavy atom. The molecule has 0 spiro atoms. The first-order valence-electron chi connectivity index (χ1n) is 8.28. The maximum atomic E-state index is 12.6. The quantitative estimate of drug-likeness (QED) is 0.948. The summed E-state index contributed by atoms with van der Waals surface area (Å²) in [7, 11) is 0. The van der Waals surface area contributed by atoms with Crippen molar-refractivity contribution < 1.29 is 9.53 Å². The van der Waals surface area contributed by atoms with Crippen LogP contribution in [-0.2, 0) is 6.42 Å². The molecule has 5 nitrogen and oxygen atoms in total. The zero-order valence-electron chi connectivity index (χ0n) is 13.3. The van der Waals surface area contributed by atoms with E-state index in [9.17, 15) is 4.79 Å². The molecule has 1 aliphatic heterocycles. The van der Waals surface area contributed by atoms with Crippen molar-refractivity contribution in [1.29, 1.82) is 0 Å². The standard InChI is InChI=1S/C18H21N3O2/c1-12-4-2-5-13-10-14(11-23-17(12)13)20-18(22)16-8-9-19-21(16)15-6-3-7-15/h2,4-5,8-9,14-15H,3,6-7,10-11H2,1H3,(H,20,22). The molecule has 1 atom stereocenters. The molecular weight excluding hydrogens is 290 g/mol. The van der Waals surface area contributed by atoms with Crippen LogP contribution in [0.25, 0.3) is 0 Å². The van der Waals surface area contributed by atoms with Crippen LogP contribution in [0.1, 0.15) is 46.9 Å². The summed E-state index contributed by atoms with van der Waals surface area (Å²) >= 11 is 0. The SMILES string of the molecule is Cc1cccc2c1OCC(NC(=O)c1ccnn1C1CCC1)C2. The van der Waals surface area contributed by atoms with Gasteiger partial charge in [-0.2, -0.15) is 5.10 Å². The molecule has 0 saturated heterocycles. The smallest absolute Gasteiger partial charge is 0.269 e. The lowest BCUT2D eigenvalue weighted by atomic mass is 9.93. The van der Waals surface area contributed by atoms with E-state index in [0.717, 1.165) is 36.1 Å². The van der Waals surface area contributed by atoms with Gasteiger partial charge >= 0.3 is 0 Å². The van der Waals surface area contributed by atoms with Gasteiger partial charge in [-0.25, -0.2) is 0 Å². The lowest BCUT2D eigenvalue weighted by molar-refractivity contribution is 0.0897. The number of carbonyl (C=O) groups excluding carboxylic acids is 1. The van der Waals surface area contributed by atoms with Crippen LogP contribution in [0.15, 0.2) is 30.5 Å². The van der Waals surface area contributed by atoms with Gasteiger partial charge in [-0.05, 0) is 49.8 Å². The summed E-state index contributed by atoms with van der Waals surface area (Å²) in [6.45, 7) is 2.57. The minimum Gasteiger partial charge on any atom is -0.491 e. The molecule has 0 bridgehead atoms. The Hall–Kier alpha value is -2.30. The number of nitrogens with one attached hydrogen (secondary N) is 1. The Morgan fingerprint density at radius 3 is 3.00 bits per heavy atom. The topological polar surface area (TPSA) is 56.1 Å². The van der Waals surface area contributed by atoms with Crippen LogP contribution in [0.3, 0.4) is 0 Å². The van der Waals surface area contributed by atoms with Gasteiger partial charge < -0.3 is 10.1 Å². The molecule has 2 heterocycles. The number of benzene rings is 1. The molecule has 0 radical (unpaired) electrons. The number of nitrogens with zero attached hydrogens (tertiary/aromatic N) is 2. The summed E-state index contributed by atoms with van der Waals surface area (Å²) in [6, 6.07) is 8.34. The van der Waals surface area contributed by atoms with Gasteiger partial charge in [0.1, 0.15) is 18.1 Å². The highest BCUT2D eigenvalue weighted by molar-refractivity contribution is 5.92. The van der Waals surface area contributed by atoms with Crippen molar-refractivity contribution in [2.75, 3.05) is 6.61 Å². The second-order valence-electron chi connectivity index (χ2n) is 6.49. The van der Waals surface area contributed by atoms with Crippen LogP contribution in [0.4, 0.5) is 0 Å². The van der Waals surface area contributed by atoms with Crippen molar-refractivity contribution in [3.63, 3.8) is 0 Å². The number of aromatic nitrogens is 2. The zero-order valence-corrected chi connectivity index (χ0v) is 13.3. The molecule has 2 aromatic rings. The van der Waals surface area contributed by atoms with E-state index >= 15 is 0 Å². The van der Waals surface area contributed by atoms with Gasteiger partial charge in [0.25, 0.3) is 5.91 Å². The molecule has 1 fully saturated rings. The van der Waals surface area contributed by atoms with Crippen LogP contribution in [0.2, 0.25) is 0 Å². The fraction of sp³-hybridized carbons (Fsp3) is 0.444. The Morgan fingerprint density at radius 1 is 1.35 bits per heavy atom. The molecule has 2 aliphatic rings. The van der Waals surface area contributed by atoms with E-state index in [1.54, 1.807) is 12.3 Å².